The van der Waals surface area contributed by atoms with Gasteiger partial charge in [0.2, 0.25) is 0 Å². The Kier molecular flexibility index (Phi) is 7.91. The van der Waals surface area contributed by atoms with Crippen molar-refractivity contribution >= 4 is 11.7 Å². The molecule has 228 valence electrons. The monoisotopic (exact) mass is 617 g/mol. The average Bonchev–Trinajstić information content (AvgIpc) is 3.19. The fourth-order valence-electron chi connectivity index (χ4n) is 5.89. The number of aromatic nitrogens is 2. The molecule has 1 aromatic heterocycles. The lowest BCUT2D eigenvalue weighted by Gasteiger charge is -2.24. The molecule has 0 radical (unpaired) electrons. The summed E-state index contributed by atoms with van der Waals surface area (Å²) < 4.78 is 0. The Hall–Kier alpha value is -6.46. The molecule has 5 nitrogen and oxygen atoms in total. The lowest BCUT2D eigenvalue weighted by Crippen LogP contribution is -2.33. The molecule has 0 saturated heterocycles. The topological polar surface area (TPSA) is 62.5 Å². The fraction of sp³-hybridized carbons (Fsp3) is 0.0233. The van der Waals surface area contributed by atoms with E-state index in [0.29, 0.717) is 11.7 Å². The van der Waals surface area contributed by atoms with Crippen LogP contribution in [0.15, 0.2) is 186 Å². The van der Waals surface area contributed by atoms with Crippen molar-refractivity contribution in [3.8, 4) is 45.0 Å². The lowest BCUT2D eigenvalue weighted by atomic mass is 9.98. The summed E-state index contributed by atoms with van der Waals surface area (Å²) in [6.07, 6.45) is -0.306. The predicted molar refractivity (Wildman–Crippen MR) is 196 cm³/mol. The smallest absolute Gasteiger partial charge is 0.160 e. The fourth-order valence-corrected chi connectivity index (χ4v) is 5.89. The third-order valence-electron chi connectivity index (χ3n) is 8.34. The summed E-state index contributed by atoms with van der Waals surface area (Å²) >= 11 is 0. The first-order valence-corrected chi connectivity index (χ1v) is 16.0. The minimum atomic E-state index is -0.306. The van der Waals surface area contributed by atoms with Gasteiger partial charge in [0.25, 0.3) is 0 Å². The summed E-state index contributed by atoms with van der Waals surface area (Å²) in [5.74, 6) is 2.21. The van der Waals surface area contributed by atoms with E-state index in [-0.39, 0.29) is 6.17 Å². The van der Waals surface area contributed by atoms with Gasteiger partial charge >= 0.3 is 0 Å². The molecule has 7 aromatic rings. The Labute approximate surface area is 280 Å². The number of nitrogens with one attached hydrogen (secondary N) is 1. The second-order valence-electron chi connectivity index (χ2n) is 11.6. The highest BCUT2D eigenvalue weighted by molar-refractivity contribution is 6.13. The first-order valence-electron chi connectivity index (χ1n) is 16.0. The summed E-state index contributed by atoms with van der Waals surface area (Å²) in [7, 11) is 0. The Morgan fingerprint density at radius 1 is 0.396 bits per heavy atom. The molecule has 8 rings (SSSR count). The summed E-state index contributed by atoms with van der Waals surface area (Å²) in [6, 6.07) is 60.0. The van der Waals surface area contributed by atoms with Crippen LogP contribution in [0.4, 0.5) is 0 Å². The Bertz CT molecular complexity index is 2190. The van der Waals surface area contributed by atoms with Gasteiger partial charge in [0.1, 0.15) is 12.0 Å². The third kappa shape index (κ3) is 6.17. The maximum Gasteiger partial charge on any atom is 0.160 e. The van der Waals surface area contributed by atoms with Gasteiger partial charge in [0, 0.05) is 27.8 Å². The number of hydrogen-bond acceptors (Lipinski definition) is 5. The molecule has 6 aromatic carbocycles. The molecule has 1 aliphatic rings. The maximum atomic E-state index is 5.08. The number of hydrogen-bond donors (Lipinski definition) is 1. The normalized spacial score (nSPS) is 14.0. The molecule has 0 spiro atoms. The van der Waals surface area contributed by atoms with E-state index in [9.17, 15) is 0 Å². The summed E-state index contributed by atoms with van der Waals surface area (Å²) in [6.45, 7) is 0. The molecule has 0 bridgehead atoms. The second-order valence-corrected chi connectivity index (χ2v) is 11.6. The number of amidine groups is 2. The van der Waals surface area contributed by atoms with E-state index < -0.39 is 0 Å². The third-order valence-corrected chi connectivity index (χ3v) is 8.34. The van der Waals surface area contributed by atoms with Gasteiger partial charge in [-0.1, -0.05) is 158 Å². The van der Waals surface area contributed by atoms with Gasteiger partial charge in [0.15, 0.2) is 11.7 Å². The molecule has 5 heteroatoms. The zero-order valence-electron chi connectivity index (χ0n) is 26.1. The highest BCUT2D eigenvalue weighted by atomic mass is 15.2. The van der Waals surface area contributed by atoms with E-state index in [2.05, 4.69) is 108 Å². The molecular weight excluding hydrogens is 587 g/mol. The molecule has 0 fully saturated rings. The molecule has 0 amide bonds. The first kappa shape index (κ1) is 29.0. The second kappa shape index (κ2) is 13.1. The molecule has 48 heavy (non-hydrogen) atoms. The molecule has 1 N–H and O–H groups in total. The quantitative estimate of drug-likeness (QED) is 0.194. The van der Waals surface area contributed by atoms with Gasteiger partial charge in [0.05, 0.1) is 11.4 Å². The van der Waals surface area contributed by atoms with E-state index in [1.165, 1.54) is 0 Å². The number of aliphatic imine (C=N–C) groups is 2. The van der Waals surface area contributed by atoms with E-state index in [1.807, 2.05) is 72.8 Å². The minimum Gasteiger partial charge on any atom is -0.344 e. The van der Waals surface area contributed by atoms with Crippen LogP contribution < -0.4 is 5.32 Å². The van der Waals surface area contributed by atoms with Crippen LogP contribution in [-0.4, -0.2) is 21.6 Å². The number of nitrogens with zero attached hydrogens (tertiary/aromatic N) is 4. The highest BCUT2D eigenvalue weighted by Crippen LogP contribution is 2.32. The van der Waals surface area contributed by atoms with Gasteiger partial charge in [-0.3, -0.25) is 0 Å². The minimum absolute atomic E-state index is 0.306. The van der Waals surface area contributed by atoms with E-state index in [0.717, 1.165) is 61.7 Å². The Balaban J connectivity index is 1.17. The predicted octanol–water partition coefficient (Wildman–Crippen LogP) is 9.64. The number of rotatable bonds is 7. The Morgan fingerprint density at radius 2 is 0.896 bits per heavy atom. The van der Waals surface area contributed by atoms with Crippen molar-refractivity contribution in [1.82, 2.24) is 15.3 Å². The molecule has 0 aliphatic carbocycles. The summed E-state index contributed by atoms with van der Waals surface area (Å²) in [5.41, 5.74) is 10.1. The SMILES string of the molecule is c1ccc(C2=NC(c3cccc(-c4cccc(-c5cc(-c6ccccc6)nc(-c6ccccc6)n5)c4)c3)NC(c3ccccc3)=N2)cc1. The number of benzene rings is 6. The van der Waals surface area contributed by atoms with Crippen molar-refractivity contribution in [2.45, 2.75) is 6.17 Å². The van der Waals surface area contributed by atoms with E-state index in [1.54, 1.807) is 0 Å². The van der Waals surface area contributed by atoms with Crippen LogP contribution in [0.25, 0.3) is 45.0 Å². The molecule has 1 unspecified atom stereocenters. The van der Waals surface area contributed by atoms with Crippen LogP contribution in [-0.2, 0) is 0 Å². The zero-order valence-corrected chi connectivity index (χ0v) is 26.1. The summed E-state index contributed by atoms with van der Waals surface area (Å²) in [4.78, 5) is 20.0. The van der Waals surface area contributed by atoms with Gasteiger partial charge in [-0.15, -0.1) is 0 Å². The van der Waals surface area contributed by atoms with Crippen LogP contribution >= 0.6 is 0 Å². The lowest BCUT2D eigenvalue weighted by molar-refractivity contribution is 0.674. The van der Waals surface area contributed by atoms with Crippen LogP contribution in [0.5, 0.6) is 0 Å². The molecule has 0 saturated carbocycles. The van der Waals surface area contributed by atoms with Crippen LogP contribution in [0, 0.1) is 0 Å². The van der Waals surface area contributed by atoms with Gasteiger partial charge < -0.3 is 5.32 Å². The van der Waals surface area contributed by atoms with Crippen LogP contribution in [0.1, 0.15) is 22.9 Å². The molecule has 1 atom stereocenters. The van der Waals surface area contributed by atoms with Crippen molar-refractivity contribution in [3.63, 3.8) is 0 Å². The van der Waals surface area contributed by atoms with Crippen molar-refractivity contribution in [1.29, 1.82) is 0 Å². The zero-order chi connectivity index (χ0) is 32.1. The van der Waals surface area contributed by atoms with E-state index in [4.69, 9.17) is 20.0 Å². The first-order chi connectivity index (χ1) is 23.8. The Morgan fingerprint density at radius 3 is 1.56 bits per heavy atom. The standard InChI is InChI=1S/C43H31N5/c1-5-15-30(16-6-1)38-29-39(45-40(44-38)31-17-7-2-8-18-31)36-25-13-23-34(27-36)35-24-14-26-37(28-35)43-47-41(32-19-9-3-10-20-32)46-42(48-43)33-21-11-4-12-22-33/h1-29,43H,(H,46,47,48). The average molecular weight is 618 g/mol. The van der Waals surface area contributed by atoms with Crippen LogP contribution in [0.3, 0.4) is 0 Å². The summed E-state index contributed by atoms with van der Waals surface area (Å²) in [5, 5.41) is 3.59. The van der Waals surface area contributed by atoms with Crippen molar-refractivity contribution < 1.29 is 0 Å². The van der Waals surface area contributed by atoms with Gasteiger partial charge in [-0.2, -0.15) is 0 Å². The molecular formula is C43H31N5. The van der Waals surface area contributed by atoms with E-state index >= 15 is 0 Å². The van der Waals surface area contributed by atoms with Crippen LogP contribution in [0.2, 0.25) is 0 Å². The molecule has 2 heterocycles. The largest absolute Gasteiger partial charge is 0.344 e. The molecule has 1 aliphatic heterocycles. The van der Waals surface area contributed by atoms with Gasteiger partial charge in [-0.05, 0) is 34.9 Å². The van der Waals surface area contributed by atoms with Crippen molar-refractivity contribution in [2.24, 2.45) is 9.98 Å². The maximum absolute atomic E-state index is 5.08. The van der Waals surface area contributed by atoms with Crippen molar-refractivity contribution in [2.75, 3.05) is 0 Å². The van der Waals surface area contributed by atoms with Gasteiger partial charge in [-0.25, -0.2) is 20.0 Å². The van der Waals surface area contributed by atoms with Crippen molar-refractivity contribution in [3.05, 3.63) is 193 Å². The highest BCUT2D eigenvalue weighted by Gasteiger charge is 2.21.